The number of nitrogens with one attached hydrogen (secondary N) is 2. The van der Waals surface area contributed by atoms with E-state index in [-0.39, 0.29) is 20.6 Å². The summed E-state index contributed by atoms with van der Waals surface area (Å²) in [6.07, 6.45) is 0. The first-order chi connectivity index (χ1) is 14.1. The van der Waals surface area contributed by atoms with E-state index in [1.807, 2.05) is 0 Å². The van der Waals surface area contributed by atoms with Gasteiger partial charge in [0, 0.05) is 30.4 Å². The van der Waals surface area contributed by atoms with Crippen molar-refractivity contribution in [2.75, 3.05) is 18.4 Å². The zero-order chi connectivity index (χ0) is 22.5. The van der Waals surface area contributed by atoms with Gasteiger partial charge in [-0.15, -0.1) is 0 Å². The second kappa shape index (κ2) is 9.94. The lowest BCUT2D eigenvalue weighted by atomic mass is 10.2. The molecule has 0 fully saturated rings. The van der Waals surface area contributed by atoms with Crippen LogP contribution in [0.2, 0.25) is 5.02 Å². The number of carbonyl (C=O) groups is 1. The summed E-state index contributed by atoms with van der Waals surface area (Å²) in [5.41, 5.74) is 0.0741. The third-order valence-corrected chi connectivity index (χ3v) is 6.68. The Labute approximate surface area is 184 Å². The molecule has 0 saturated carbocycles. The average Bonchev–Trinajstić information content (AvgIpc) is 2.69. The number of nitro benzene ring substituents is 1. The van der Waals surface area contributed by atoms with E-state index >= 15 is 0 Å². The number of hydrogen-bond donors (Lipinski definition) is 2. The molecule has 0 bridgehead atoms. The number of benzene rings is 2. The molecule has 1 amide bonds. The molecular weight excluding hydrogens is 452 g/mol. The maximum absolute atomic E-state index is 12.5. The van der Waals surface area contributed by atoms with Crippen LogP contribution in [0.3, 0.4) is 0 Å². The minimum atomic E-state index is -3.58. The molecule has 9 nitrogen and oxygen atoms in total. The summed E-state index contributed by atoms with van der Waals surface area (Å²) in [6, 6.07) is 9.53. The summed E-state index contributed by atoms with van der Waals surface area (Å²) < 4.78 is 26.3. The number of nitrogens with zero attached hydrogens (tertiary/aromatic N) is 2. The minimum absolute atomic E-state index is 0.0101. The largest absolute Gasteiger partial charge is 0.332 e. The Morgan fingerprint density at radius 2 is 1.77 bits per heavy atom. The predicted octanol–water partition coefficient (Wildman–Crippen LogP) is 3.41. The molecule has 0 spiro atoms. The molecule has 0 unspecified atom stereocenters. The topological polar surface area (TPSA) is 122 Å². The van der Waals surface area contributed by atoms with Crippen LogP contribution in [-0.2, 0) is 10.0 Å². The summed E-state index contributed by atoms with van der Waals surface area (Å²) in [5, 5.41) is 16.0. The van der Waals surface area contributed by atoms with E-state index in [4.69, 9.17) is 23.8 Å². The fourth-order valence-corrected chi connectivity index (χ4v) is 4.41. The van der Waals surface area contributed by atoms with Crippen molar-refractivity contribution >= 4 is 56.2 Å². The lowest BCUT2D eigenvalue weighted by Crippen LogP contribution is -2.34. The molecule has 30 heavy (non-hydrogen) atoms. The molecule has 2 aromatic rings. The standard InChI is InChI=1S/C18H19ClN4O5S2/c1-3-22(4-2)30(27,28)14-8-6-13(7-9-14)20-18(29)21-17(24)12-5-10-15(19)16(11-12)23(25)26/h5-11H,3-4H2,1-2H3,(H2,20,21,24,29). The van der Waals surface area contributed by atoms with Crippen molar-refractivity contribution in [3.05, 3.63) is 63.2 Å². The maximum atomic E-state index is 12.5. The molecule has 0 aliphatic carbocycles. The molecule has 2 N–H and O–H groups in total. The van der Waals surface area contributed by atoms with Crippen molar-refractivity contribution in [2.24, 2.45) is 0 Å². The fraction of sp³-hybridized carbons (Fsp3) is 0.222. The Morgan fingerprint density at radius 1 is 1.17 bits per heavy atom. The van der Waals surface area contributed by atoms with Gasteiger partial charge in [0.15, 0.2) is 5.11 Å². The third-order valence-electron chi connectivity index (χ3n) is 4.09. The summed E-state index contributed by atoms with van der Waals surface area (Å²) in [5.74, 6) is -0.659. The van der Waals surface area contributed by atoms with Gasteiger partial charge in [-0.2, -0.15) is 4.31 Å². The number of hydrogen-bond acceptors (Lipinski definition) is 6. The van der Waals surface area contributed by atoms with Crippen molar-refractivity contribution in [3.8, 4) is 0 Å². The lowest BCUT2D eigenvalue weighted by molar-refractivity contribution is -0.384. The van der Waals surface area contributed by atoms with Crippen LogP contribution in [0.4, 0.5) is 11.4 Å². The van der Waals surface area contributed by atoms with Gasteiger partial charge in [-0.25, -0.2) is 8.42 Å². The van der Waals surface area contributed by atoms with E-state index in [9.17, 15) is 23.3 Å². The second-order valence-corrected chi connectivity index (χ2v) is 8.70. The van der Waals surface area contributed by atoms with Crippen LogP contribution in [-0.4, -0.2) is 41.8 Å². The zero-order valence-corrected chi connectivity index (χ0v) is 18.5. The lowest BCUT2D eigenvalue weighted by Gasteiger charge is -2.18. The first kappa shape index (κ1) is 23.7. The number of anilines is 1. The Balaban J connectivity index is 2.07. The Kier molecular flexibility index (Phi) is 7.84. The summed E-state index contributed by atoms with van der Waals surface area (Å²) >= 11 is 10.8. The van der Waals surface area contributed by atoms with Crippen molar-refractivity contribution in [1.82, 2.24) is 9.62 Å². The minimum Gasteiger partial charge on any atom is -0.332 e. The van der Waals surface area contributed by atoms with Crippen LogP contribution in [0, 0.1) is 10.1 Å². The highest BCUT2D eigenvalue weighted by Crippen LogP contribution is 2.25. The Bertz CT molecular complexity index is 1070. The highest BCUT2D eigenvalue weighted by Gasteiger charge is 2.21. The van der Waals surface area contributed by atoms with E-state index in [0.717, 1.165) is 6.07 Å². The highest BCUT2D eigenvalue weighted by atomic mass is 35.5. The summed E-state index contributed by atoms with van der Waals surface area (Å²) in [6.45, 7) is 4.23. The molecule has 0 radical (unpaired) electrons. The zero-order valence-electron chi connectivity index (χ0n) is 16.1. The van der Waals surface area contributed by atoms with Crippen LogP contribution in [0.5, 0.6) is 0 Å². The number of nitro groups is 1. The molecule has 2 rings (SSSR count). The van der Waals surface area contributed by atoms with Gasteiger partial charge in [-0.3, -0.25) is 20.2 Å². The van der Waals surface area contributed by atoms with Crippen LogP contribution >= 0.6 is 23.8 Å². The number of thiocarbonyl (C=S) groups is 1. The van der Waals surface area contributed by atoms with Crippen molar-refractivity contribution in [1.29, 1.82) is 0 Å². The second-order valence-electron chi connectivity index (χ2n) is 5.95. The van der Waals surface area contributed by atoms with E-state index in [2.05, 4.69) is 10.6 Å². The van der Waals surface area contributed by atoms with E-state index in [0.29, 0.717) is 18.8 Å². The third kappa shape index (κ3) is 5.51. The predicted molar refractivity (Wildman–Crippen MR) is 118 cm³/mol. The summed E-state index contributed by atoms with van der Waals surface area (Å²) in [7, 11) is -3.58. The molecule has 2 aromatic carbocycles. The summed E-state index contributed by atoms with van der Waals surface area (Å²) in [4.78, 5) is 22.7. The van der Waals surface area contributed by atoms with Crippen molar-refractivity contribution in [3.63, 3.8) is 0 Å². The van der Waals surface area contributed by atoms with Gasteiger partial charge in [-0.05, 0) is 48.6 Å². The Morgan fingerprint density at radius 3 is 2.30 bits per heavy atom. The van der Waals surface area contributed by atoms with E-state index in [1.54, 1.807) is 13.8 Å². The van der Waals surface area contributed by atoms with Gasteiger partial charge in [0.25, 0.3) is 11.6 Å². The number of carbonyl (C=O) groups excluding carboxylic acids is 1. The van der Waals surface area contributed by atoms with Gasteiger partial charge < -0.3 is 5.32 Å². The van der Waals surface area contributed by atoms with Gasteiger partial charge in [-0.1, -0.05) is 25.4 Å². The van der Waals surface area contributed by atoms with Crippen LogP contribution in [0.15, 0.2) is 47.4 Å². The molecule has 0 atom stereocenters. The molecule has 0 aromatic heterocycles. The van der Waals surface area contributed by atoms with E-state index < -0.39 is 26.5 Å². The fourth-order valence-electron chi connectivity index (χ4n) is 2.55. The normalized spacial score (nSPS) is 11.2. The Hall–Kier alpha value is -2.60. The van der Waals surface area contributed by atoms with Crippen LogP contribution < -0.4 is 10.6 Å². The first-order valence-electron chi connectivity index (χ1n) is 8.76. The van der Waals surface area contributed by atoms with Crippen molar-refractivity contribution < 1.29 is 18.1 Å². The SMILES string of the molecule is CCN(CC)S(=O)(=O)c1ccc(NC(=S)NC(=O)c2ccc(Cl)c([N+](=O)[O-])c2)cc1. The maximum Gasteiger partial charge on any atom is 0.288 e. The quantitative estimate of drug-likeness (QED) is 0.361. The molecule has 0 aliphatic rings. The molecule has 12 heteroatoms. The molecule has 160 valence electrons. The number of sulfonamides is 1. The van der Waals surface area contributed by atoms with Gasteiger partial charge in [0.1, 0.15) is 5.02 Å². The van der Waals surface area contributed by atoms with Gasteiger partial charge in [0.05, 0.1) is 9.82 Å². The molecule has 0 heterocycles. The molecule has 0 saturated heterocycles. The van der Waals surface area contributed by atoms with Crippen LogP contribution in [0.25, 0.3) is 0 Å². The van der Waals surface area contributed by atoms with E-state index in [1.165, 1.54) is 40.7 Å². The highest BCUT2D eigenvalue weighted by molar-refractivity contribution is 7.89. The van der Waals surface area contributed by atoms with Gasteiger partial charge in [0.2, 0.25) is 10.0 Å². The number of amides is 1. The van der Waals surface area contributed by atoms with Crippen LogP contribution in [0.1, 0.15) is 24.2 Å². The number of halogens is 1. The average molecular weight is 471 g/mol. The molecule has 0 aliphatic heterocycles. The smallest absolute Gasteiger partial charge is 0.288 e. The van der Waals surface area contributed by atoms with Crippen molar-refractivity contribution in [2.45, 2.75) is 18.7 Å². The van der Waals surface area contributed by atoms with Gasteiger partial charge >= 0.3 is 0 Å². The molecular formula is C18H19ClN4O5S2. The number of rotatable bonds is 7. The monoisotopic (exact) mass is 470 g/mol. The first-order valence-corrected chi connectivity index (χ1v) is 11.0.